The van der Waals surface area contributed by atoms with Gasteiger partial charge in [0.2, 0.25) is 0 Å². The summed E-state index contributed by atoms with van der Waals surface area (Å²) in [5.74, 6) is 5.36. The van der Waals surface area contributed by atoms with Gasteiger partial charge in [-0.1, -0.05) is 24.0 Å². The number of thiophene rings is 1. The summed E-state index contributed by atoms with van der Waals surface area (Å²) in [4.78, 5) is 2.10. The molecule has 3 aromatic rings. The molecule has 1 saturated heterocycles. The Balaban J connectivity index is 1.61. The van der Waals surface area contributed by atoms with E-state index in [0.29, 0.717) is 34.0 Å². The van der Waals surface area contributed by atoms with Gasteiger partial charge >= 0.3 is 12.8 Å². The molecule has 222 valence electrons. The Kier molecular flexibility index (Phi) is 9.52. The molecule has 0 radical (unpaired) electrons. The lowest BCUT2D eigenvalue weighted by molar-refractivity contribution is -0.126. The number of rotatable bonds is 8. The third-order valence-electron chi connectivity index (χ3n) is 6.65. The third kappa shape index (κ3) is 8.12. The molecule has 1 fully saturated rings. The number of piperidine rings is 1. The first kappa shape index (κ1) is 31.1. The van der Waals surface area contributed by atoms with Gasteiger partial charge in [0.1, 0.15) is 19.1 Å². The van der Waals surface area contributed by atoms with Crippen molar-refractivity contribution >= 4 is 45.2 Å². The van der Waals surface area contributed by atoms with E-state index in [1.54, 1.807) is 18.2 Å². The van der Waals surface area contributed by atoms with Gasteiger partial charge in [-0.2, -0.15) is 22.0 Å². The van der Waals surface area contributed by atoms with E-state index in [2.05, 4.69) is 27.2 Å². The molecule has 0 spiro atoms. The van der Waals surface area contributed by atoms with Gasteiger partial charge in [-0.15, -0.1) is 11.3 Å². The fourth-order valence-corrected chi connectivity index (χ4v) is 6.66. The van der Waals surface area contributed by atoms with Crippen LogP contribution in [0.2, 0.25) is 0 Å². The third-order valence-corrected chi connectivity index (χ3v) is 9.37. The van der Waals surface area contributed by atoms with Crippen molar-refractivity contribution in [2.75, 3.05) is 50.6 Å². The molecular formula is C28H30F6N3O2PS. The molecule has 1 aromatic heterocycles. The average molecular weight is 618 g/mol. The molecule has 0 amide bonds. The van der Waals surface area contributed by atoms with E-state index in [-0.39, 0.29) is 35.0 Å². The number of hydrogen-bond acceptors (Lipinski definition) is 6. The molecule has 2 aromatic carbocycles. The first-order valence-electron chi connectivity index (χ1n) is 12.8. The summed E-state index contributed by atoms with van der Waals surface area (Å²) in [5.41, 5.74) is 0.757. The Morgan fingerprint density at radius 1 is 1.20 bits per heavy atom. The number of fused-ring (bicyclic) bond motifs is 1. The summed E-state index contributed by atoms with van der Waals surface area (Å²) in [6.07, 6.45) is -6.24. The maximum Gasteiger partial charge on any atom is 0.393 e. The number of nitrogens with zero attached hydrogens (tertiary/aromatic N) is 1. The molecule has 2 heterocycles. The highest BCUT2D eigenvalue weighted by Crippen LogP contribution is 2.40. The van der Waals surface area contributed by atoms with Crippen molar-refractivity contribution in [3.05, 3.63) is 46.8 Å². The largest absolute Gasteiger partial charge is 0.433 e. The smallest absolute Gasteiger partial charge is 0.393 e. The summed E-state index contributed by atoms with van der Waals surface area (Å²) >= 11 is 1.09. The lowest BCUT2D eigenvalue weighted by Crippen LogP contribution is -2.46. The molecule has 13 heteroatoms. The molecule has 2 N–H and O–H groups in total. The Morgan fingerprint density at radius 2 is 1.95 bits per heavy atom. The van der Waals surface area contributed by atoms with Crippen LogP contribution in [0.4, 0.5) is 37.7 Å². The molecule has 0 unspecified atom stereocenters. The van der Waals surface area contributed by atoms with Crippen LogP contribution in [0, 0.1) is 11.8 Å². The standard InChI is InChI=1S/C28H30F6N3O2PS/c1-37-13-11-21(20(29)16-37)36-23-7-4-6-18-19(15-28(32,33)34)25(41-26(18)23)8-5-12-35-22-10-9-17(40(2,3)38)14-24(22)39-27(30)31/h4,6-7,9-10,14,20-21,27,35-36H,11-13,15-16H2,1-3H3/t20-,21+/m1/s1. The quantitative estimate of drug-likeness (QED) is 0.166. The van der Waals surface area contributed by atoms with Crippen molar-refractivity contribution in [2.24, 2.45) is 0 Å². The number of alkyl halides is 6. The topological polar surface area (TPSA) is 53.6 Å². The number of halogens is 6. The molecular weight excluding hydrogens is 587 g/mol. The number of nitrogens with one attached hydrogen (secondary N) is 2. The first-order valence-corrected chi connectivity index (χ1v) is 16.2. The summed E-state index contributed by atoms with van der Waals surface area (Å²) in [6.45, 7) is 0.772. The normalized spacial score (nSPS) is 18.3. The van der Waals surface area contributed by atoms with Gasteiger partial charge in [-0.3, -0.25) is 0 Å². The maximum atomic E-state index is 14.7. The van der Waals surface area contributed by atoms with E-state index in [0.717, 1.165) is 11.3 Å². The Morgan fingerprint density at radius 3 is 2.61 bits per heavy atom. The van der Waals surface area contributed by atoms with E-state index >= 15 is 0 Å². The van der Waals surface area contributed by atoms with Crippen LogP contribution < -0.4 is 20.7 Å². The van der Waals surface area contributed by atoms with E-state index in [9.17, 15) is 30.9 Å². The zero-order chi connectivity index (χ0) is 29.9. The molecule has 1 aliphatic heterocycles. The lowest BCUT2D eigenvalue weighted by Gasteiger charge is -2.33. The van der Waals surface area contributed by atoms with Crippen LogP contribution in [0.3, 0.4) is 0 Å². The van der Waals surface area contributed by atoms with Gasteiger partial charge in [0.25, 0.3) is 0 Å². The molecule has 0 saturated carbocycles. The number of likely N-dealkylation sites (tertiary alicyclic amines) is 1. The highest BCUT2D eigenvalue weighted by Gasteiger charge is 2.32. The Labute approximate surface area is 238 Å². The average Bonchev–Trinajstić information content (AvgIpc) is 3.20. The summed E-state index contributed by atoms with van der Waals surface area (Å²) in [7, 11) is -0.904. The van der Waals surface area contributed by atoms with E-state index in [1.165, 1.54) is 31.5 Å². The Hall–Kier alpha value is -2.87. The first-order chi connectivity index (χ1) is 19.2. The van der Waals surface area contributed by atoms with E-state index < -0.39 is 38.6 Å². The van der Waals surface area contributed by atoms with Gasteiger partial charge in [0.15, 0.2) is 0 Å². The molecule has 0 bridgehead atoms. The van der Waals surface area contributed by atoms with E-state index in [1.807, 2.05) is 11.9 Å². The fourth-order valence-electron chi connectivity index (χ4n) is 4.63. The monoisotopic (exact) mass is 617 g/mol. The highest BCUT2D eigenvalue weighted by molar-refractivity contribution is 7.70. The highest BCUT2D eigenvalue weighted by atomic mass is 32.1. The number of ether oxygens (including phenoxy) is 1. The molecule has 41 heavy (non-hydrogen) atoms. The van der Waals surface area contributed by atoms with Crippen LogP contribution in [-0.4, -0.2) is 69.9 Å². The van der Waals surface area contributed by atoms with Gasteiger partial charge < -0.3 is 24.8 Å². The van der Waals surface area contributed by atoms with Gasteiger partial charge in [-0.25, -0.2) is 4.39 Å². The molecule has 1 aliphatic rings. The second kappa shape index (κ2) is 12.6. The second-order valence-electron chi connectivity index (χ2n) is 10.3. The zero-order valence-electron chi connectivity index (χ0n) is 22.6. The van der Waals surface area contributed by atoms with Gasteiger partial charge in [-0.05, 0) is 62.0 Å². The summed E-state index contributed by atoms with van der Waals surface area (Å²) < 4.78 is 98.7. The summed E-state index contributed by atoms with van der Waals surface area (Å²) in [6, 6.07) is 8.74. The number of benzene rings is 2. The maximum absolute atomic E-state index is 14.7. The minimum absolute atomic E-state index is 0.0292. The predicted octanol–water partition coefficient (Wildman–Crippen LogP) is 6.77. The summed E-state index contributed by atoms with van der Waals surface area (Å²) in [5, 5.41) is 6.79. The lowest BCUT2D eigenvalue weighted by atomic mass is 10.0. The predicted molar refractivity (Wildman–Crippen MR) is 154 cm³/mol. The molecule has 0 aliphatic carbocycles. The van der Waals surface area contributed by atoms with Crippen LogP contribution in [0.25, 0.3) is 10.1 Å². The van der Waals surface area contributed by atoms with Crippen molar-refractivity contribution in [3.63, 3.8) is 0 Å². The molecule has 2 atom stereocenters. The van der Waals surface area contributed by atoms with Gasteiger partial charge in [0, 0.05) is 18.4 Å². The van der Waals surface area contributed by atoms with Crippen LogP contribution >= 0.6 is 18.5 Å². The SMILES string of the molecule is CN1CC[C@H](Nc2cccc3c(CC(F)(F)F)c(C#CCNc4ccc(P(C)(C)=O)cc4OC(F)F)sc23)[C@H](F)C1. The minimum atomic E-state index is -4.48. The zero-order valence-corrected chi connectivity index (χ0v) is 24.3. The van der Waals surface area contributed by atoms with Crippen molar-refractivity contribution in [1.82, 2.24) is 4.90 Å². The number of hydrogen-bond donors (Lipinski definition) is 2. The van der Waals surface area contributed by atoms with Crippen molar-refractivity contribution in [1.29, 1.82) is 0 Å². The van der Waals surface area contributed by atoms with Crippen LogP contribution in [0.5, 0.6) is 5.75 Å². The Bertz CT molecular complexity index is 1490. The second-order valence-corrected chi connectivity index (χ2v) is 14.5. The van der Waals surface area contributed by atoms with E-state index in [4.69, 9.17) is 0 Å². The van der Waals surface area contributed by atoms with Crippen LogP contribution in [-0.2, 0) is 11.0 Å². The van der Waals surface area contributed by atoms with Crippen molar-refractivity contribution in [3.8, 4) is 17.6 Å². The van der Waals surface area contributed by atoms with Crippen LogP contribution in [0.1, 0.15) is 16.9 Å². The van der Waals surface area contributed by atoms with Crippen LogP contribution in [0.15, 0.2) is 36.4 Å². The molecule has 4 rings (SSSR count). The number of anilines is 2. The van der Waals surface area contributed by atoms with Crippen molar-refractivity contribution < 1.29 is 35.6 Å². The minimum Gasteiger partial charge on any atom is -0.433 e. The van der Waals surface area contributed by atoms with Gasteiger partial charge in [0.05, 0.1) is 40.0 Å². The fraction of sp³-hybridized carbons (Fsp3) is 0.429. The van der Waals surface area contributed by atoms with Crippen molar-refractivity contribution in [2.45, 2.75) is 37.8 Å². The molecule has 5 nitrogen and oxygen atoms in total.